The minimum absolute atomic E-state index is 0.154. The van der Waals surface area contributed by atoms with Gasteiger partial charge in [0.1, 0.15) is 10.7 Å². The van der Waals surface area contributed by atoms with E-state index < -0.39 is 0 Å². The van der Waals surface area contributed by atoms with Crippen molar-refractivity contribution in [3.63, 3.8) is 0 Å². The lowest BCUT2D eigenvalue weighted by atomic mass is 10.2. The van der Waals surface area contributed by atoms with Crippen LogP contribution in [0.15, 0.2) is 6.20 Å². The third kappa shape index (κ3) is 2.94. The Morgan fingerprint density at radius 2 is 2.26 bits per heavy atom. The zero-order valence-electron chi connectivity index (χ0n) is 15.3. The van der Waals surface area contributed by atoms with Gasteiger partial charge >= 0.3 is 0 Å². The maximum absolute atomic E-state index is 6.23. The monoisotopic (exact) mass is 391 g/mol. The molecule has 10 heteroatoms. The highest BCUT2D eigenvalue weighted by Crippen LogP contribution is 2.34. The molecule has 2 aromatic heterocycles. The highest BCUT2D eigenvalue weighted by molar-refractivity contribution is 6.32. The Bertz CT molecular complexity index is 873. The zero-order chi connectivity index (χ0) is 18.5. The van der Waals surface area contributed by atoms with Crippen LogP contribution in [0.25, 0.3) is 0 Å². The topological polar surface area (TPSA) is 89.4 Å². The van der Waals surface area contributed by atoms with Crippen molar-refractivity contribution in [2.45, 2.75) is 44.9 Å². The number of morpholine rings is 1. The lowest BCUT2D eigenvalue weighted by Crippen LogP contribution is -2.46. The lowest BCUT2D eigenvalue weighted by Gasteiger charge is -2.29. The molecular formula is C17H22ClN7O2. The average Bonchev–Trinajstić information content (AvgIpc) is 3.34. The van der Waals surface area contributed by atoms with Gasteiger partial charge in [-0.1, -0.05) is 11.6 Å². The summed E-state index contributed by atoms with van der Waals surface area (Å²) in [7, 11) is 0. The number of fused-ring (bicyclic) bond motifs is 5. The first-order valence-electron chi connectivity index (χ1n) is 9.25. The van der Waals surface area contributed by atoms with Gasteiger partial charge in [0.2, 0.25) is 5.95 Å². The molecule has 9 nitrogen and oxygen atoms in total. The molecule has 2 N–H and O–H groups in total. The molecule has 0 saturated carbocycles. The summed E-state index contributed by atoms with van der Waals surface area (Å²) in [5, 5.41) is 14.1. The summed E-state index contributed by atoms with van der Waals surface area (Å²) in [6.07, 6.45) is 3.73. The Hall–Kier alpha value is -2.26. The molecule has 3 aliphatic rings. The molecule has 0 aliphatic carbocycles. The third-order valence-corrected chi connectivity index (χ3v) is 5.61. The number of nitrogens with zero attached hydrogens (tertiary/aromatic N) is 5. The molecule has 2 aromatic rings. The fourth-order valence-electron chi connectivity index (χ4n) is 3.85. The van der Waals surface area contributed by atoms with Crippen molar-refractivity contribution in [1.82, 2.24) is 19.9 Å². The predicted molar refractivity (Wildman–Crippen MR) is 102 cm³/mol. The third-order valence-electron chi connectivity index (χ3n) is 5.33. The molecule has 144 valence electrons. The molecule has 5 rings (SSSR count). The number of nitrogens with one attached hydrogen (secondary N) is 2. The second kappa shape index (κ2) is 6.42. The van der Waals surface area contributed by atoms with Gasteiger partial charge in [-0.25, -0.2) is 4.98 Å². The second-order valence-corrected chi connectivity index (χ2v) is 7.73. The quantitative estimate of drug-likeness (QED) is 0.763. The van der Waals surface area contributed by atoms with Gasteiger partial charge in [-0.2, -0.15) is 9.77 Å². The van der Waals surface area contributed by atoms with Crippen molar-refractivity contribution in [2.24, 2.45) is 0 Å². The van der Waals surface area contributed by atoms with Crippen molar-refractivity contribution < 1.29 is 9.47 Å². The smallest absolute Gasteiger partial charge is 0.259 e. The molecule has 5 heterocycles. The van der Waals surface area contributed by atoms with Crippen LogP contribution >= 0.6 is 11.6 Å². The Morgan fingerprint density at radius 1 is 1.37 bits per heavy atom. The number of rotatable bonds is 1. The number of aromatic nitrogens is 4. The summed E-state index contributed by atoms with van der Waals surface area (Å²) in [6, 6.07) is 0.511. The summed E-state index contributed by atoms with van der Waals surface area (Å²) in [5.74, 6) is 1.63. The molecule has 27 heavy (non-hydrogen) atoms. The number of halogens is 1. The van der Waals surface area contributed by atoms with Crippen molar-refractivity contribution in [2.75, 3.05) is 35.4 Å². The van der Waals surface area contributed by atoms with E-state index in [1.807, 2.05) is 11.7 Å². The van der Waals surface area contributed by atoms with E-state index in [9.17, 15) is 0 Å². The highest BCUT2D eigenvalue weighted by Gasteiger charge is 2.41. The number of anilines is 3. The summed E-state index contributed by atoms with van der Waals surface area (Å²) in [4.78, 5) is 10.8. The Balaban J connectivity index is 1.53. The first-order chi connectivity index (χ1) is 13.1. The number of hydrogen-bond acceptors (Lipinski definition) is 8. The van der Waals surface area contributed by atoms with Gasteiger partial charge in [0.25, 0.3) is 5.88 Å². The summed E-state index contributed by atoms with van der Waals surface area (Å²) in [5.41, 5.74) is 1.74. The molecule has 0 spiro atoms. The van der Waals surface area contributed by atoms with Crippen molar-refractivity contribution >= 4 is 29.1 Å². The maximum Gasteiger partial charge on any atom is 0.259 e. The van der Waals surface area contributed by atoms with Crippen LogP contribution < -0.4 is 20.4 Å². The number of ether oxygens (including phenoxy) is 2. The minimum atomic E-state index is 0.154. The van der Waals surface area contributed by atoms with E-state index in [4.69, 9.17) is 26.2 Å². The van der Waals surface area contributed by atoms with Gasteiger partial charge in [-0.15, -0.1) is 5.10 Å². The maximum atomic E-state index is 6.23. The summed E-state index contributed by atoms with van der Waals surface area (Å²) >= 11 is 6.23. The van der Waals surface area contributed by atoms with Crippen LogP contribution in [0.5, 0.6) is 5.88 Å². The van der Waals surface area contributed by atoms with Crippen LogP contribution in [-0.2, 0) is 4.74 Å². The van der Waals surface area contributed by atoms with Crippen LogP contribution in [0.4, 0.5) is 17.5 Å². The van der Waals surface area contributed by atoms with E-state index in [1.54, 1.807) is 6.20 Å². The molecule has 3 aliphatic heterocycles. The van der Waals surface area contributed by atoms with Crippen LogP contribution in [-0.4, -0.2) is 57.8 Å². The summed E-state index contributed by atoms with van der Waals surface area (Å²) in [6.45, 7) is 6.21. The molecule has 0 radical (unpaired) electrons. The Morgan fingerprint density at radius 3 is 3.04 bits per heavy atom. The van der Waals surface area contributed by atoms with Crippen molar-refractivity contribution in [3.05, 3.63) is 16.9 Å². The largest absolute Gasteiger partial charge is 0.475 e. The van der Waals surface area contributed by atoms with Gasteiger partial charge in [-0.3, -0.25) is 5.01 Å². The normalized spacial score (nSPS) is 26.6. The van der Waals surface area contributed by atoms with Gasteiger partial charge in [0.05, 0.1) is 43.8 Å². The van der Waals surface area contributed by atoms with Gasteiger partial charge in [-0.05, 0) is 20.3 Å². The lowest BCUT2D eigenvalue weighted by molar-refractivity contribution is 0.0889. The molecule has 0 amide bonds. The molecule has 3 atom stereocenters. The van der Waals surface area contributed by atoms with E-state index in [2.05, 4.69) is 32.5 Å². The first kappa shape index (κ1) is 16.9. The van der Waals surface area contributed by atoms with Gasteiger partial charge < -0.3 is 20.1 Å². The second-order valence-electron chi connectivity index (χ2n) is 7.32. The molecular weight excluding hydrogens is 370 g/mol. The van der Waals surface area contributed by atoms with E-state index in [0.717, 1.165) is 37.4 Å². The van der Waals surface area contributed by atoms with Crippen LogP contribution in [0.1, 0.15) is 25.5 Å². The fraction of sp³-hybridized carbons (Fsp3) is 0.588. The molecule has 2 saturated heterocycles. The Kier molecular flexibility index (Phi) is 4.01. The van der Waals surface area contributed by atoms with Crippen LogP contribution in [0.2, 0.25) is 5.02 Å². The van der Waals surface area contributed by atoms with E-state index in [-0.39, 0.29) is 6.04 Å². The average molecular weight is 392 g/mol. The van der Waals surface area contributed by atoms with E-state index in [0.29, 0.717) is 41.4 Å². The van der Waals surface area contributed by atoms with Crippen molar-refractivity contribution in [3.8, 4) is 5.88 Å². The molecule has 4 bridgehead atoms. The predicted octanol–water partition coefficient (Wildman–Crippen LogP) is 2.07. The SMILES string of the molecule is Cc1c2c(nn1N1C[C@@H]3C[C@H]1CO3)OCCC(C)Nc1nc(ncc1Cl)N2. The molecule has 0 aromatic carbocycles. The van der Waals surface area contributed by atoms with E-state index >= 15 is 0 Å². The minimum Gasteiger partial charge on any atom is -0.475 e. The van der Waals surface area contributed by atoms with Crippen LogP contribution in [0, 0.1) is 6.92 Å². The molecule has 2 fully saturated rings. The zero-order valence-corrected chi connectivity index (χ0v) is 16.0. The standard InChI is InChI=1S/C17H22ClN7O2/c1-9-3-4-26-16-14(21-17-19-6-13(18)15(20-9)22-17)10(2)25(23-16)24-7-12-5-11(24)8-27-12/h6,9,11-12H,3-5,7-8H2,1-2H3,(H2,19,20,21,22)/t9?,11-,12-/m0/s1. The van der Waals surface area contributed by atoms with Crippen LogP contribution in [0.3, 0.4) is 0 Å². The first-order valence-corrected chi connectivity index (χ1v) is 9.63. The fourth-order valence-corrected chi connectivity index (χ4v) is 4.00. The van der Waals surface area contributed by atoms with E-state index in [1.165, 1.54) is 0 Å². The Labute approximate surface area is 162 Å². The van der Waals surface area contributed by atoms with Gasteiger partial charge in [0.15, 0.2) is 5.82 Å². The summed E-state index contributed by atoms with van der Waals surface area (Å²) < 4.78 is 11.7. The highest BCUT2D eigenvalue weighted by atomic mass is 35.5. The van der Waals surface area contributed by atoms with Crippen molar-refractivity contribution in [1.29, 1.82) is 0 Å². The number of hydrogen-bond donors (Lipinski definition) is 2. The molecule has 1 unspecified atom stereocenters. The van der Waals surface area contributed by atoms with Gasteiger partial charge in [0, 0.05) is 12.5 Å².